The molecule has 1 fully saturated rings. The molecule has 2 bridgehead atoms. The van der Waals surface area contributed by atoms with Gasteiger partial charge in [-0.2, -0.15) is 0 Å². The number of allylic oxidation sites excluding steroid dienone is 2. The van der Waals surface area contributed by atoms with Crippen molar-refractivity contribution in [3.05, 3.63) is 23.8 Å². The van der Waals surface area contributed by atoms with Crippen molar-refractivity contribution in [1.82, 2.24) is 0 Å². The molecule has 142 valence electrons. The lowest BCUT2D eigenvalue weighted by Crippen LogP contribution is -2.41. The van der Waals surface area contributed by atoms with Gasteiger partial charge >= 0.3 is 5.97 Å². The minimum absolute atomic E-state index is 0.00801. The SMILES string of the molecule is C=C(C(=O)O)[C@@H]1C[C@@H]2O[C@H]1[C@@H](O)[C@@H](C)CCCC(C)=CCC[C@@]2(C)O. The molecule has 0 aliphatic carbocycles. The second kappa shape index (κ2) is 8.02. The highest BCUT2D eigenvalue weighted by Crippen LogP contribution is 2.41. The first-order valence-electron chi connectivity index (χ1n) is 9.27. The molecule has 6 atom stereocenters. The summed E-state index contributed by atoms with van der Waals surface area (Å²) in [5.41, 5.74) is 0.289. The van der Waals surface area contributed by atoms with Gasteiger partial charge in [0, 0.05) is 11.5 Å². The van der Waals surface area contributed by atoms with E-state index in [0.717, 1.165) is 25.7 Å². The summed E-state index contributed by atoms with van der Waals surface area (Å²) in [5, 5.41) is 31.0. The minimum Gasteiger partial charge on any atom is -0.478 e. The summed E-state index contributed by atoms with van der Waals surface area (Å²) >= 11 is 0. The summed E-state index contributed by atoms with van der Waals surface area (Å²) < 4.78 is 6.04. The highest BCUT2D eigenvalue weighted by molar-refractivity contribution is 5.86. The lowest BCUT2D eigenvalue weighted by Gasteiger charge is -2.31. The van der Waals surface area contributed by atoms with Crippen molar-refractivity contribution < 1.29 is 24.9 Å². The quantitative estimate of drug-likeness (QED) is 0.525. The van der Waals surface area contributed by atoms with Crippen LogP contribution >= 0.6 is 0 Å². The Morgan fingerprint density at radius 1 is 1.44 bits per heavy atom. The zero-order valence-electron chi connectivity index (χ0n) is 15.6. The summed E-state index contributed by atoms with van der Waals surface area (Å²) in [6.07, 6.45) is 4.71. The van der Waals surface area contributed by atoms with E-state index in [4.69, 9.17) is 4.74 Å². The fraction of sp³-hybridized carbons (Fsp3) is 0.750. The fourth-order valence-electron chi connectivity index (χ4n) is 3.99. The molecule has 5 nitrogen and oxygen atoms in total. The van der Waals surface area contributed by atoms with Gasteiger partial charge in [-0.15, -0.1) is 0 Å². The van der Waals surface area contributed by atoms with E-state index in [1.165, 1.54) is 5.57 Å². The molecule has 0 radical (unpaired) electrons. The maximum atomic E-state index is 11.4. The average Bonchev–Trinajstić information content (AvgIpc) is 2.98. The minimum atomic E-state index is -1.07. The van der Waals surface area contributed by atoms with Crippen molar-refractivity contribution in [1.29, 1.82) is 0 Å². The number of carboxylic acids is 1. The van der Waals surface area contributed by atoms with E-state index < -0.39 is 35.8 Å². The van der Waals surface area contributed by atoms with Gasteiger partial charge in [0.15, 0.2) is 0 Å². The Kier molecular flexibility index (Phi) is 6.46. The predicted molar refractivity (Wildman–Crippen MR) is 96.2 cm³/mol. The van der Waals surface area contributed by atoms with Gasteiger partial charge in [0.25, 0.3) is 0 Å². The summed E-state index contributed by atoms with van der Waals surface area (Å²) in [6.45, 7) is 9.50. The molecule has 0 saturated carbocycles. The Bertz CT molecular complexity index is 536. The van der Waals surface area contributed by atoms with Crippen LogP contribution in [0.3, 0.4) is 0 Å². The lowest BCUT2D eigenvalue weighted by molar-refractivity contribution is -0.136. The fourth-order valence-corrected chi connectivity index (χ4v) is 3.99. The molecule has 2 heterocycles. The summed E-state index contributed by atoms with van der Waals surface area (Å²) in [5.74, 6) is -1.56. The number of hydrogen-bond acceptors (Lipinski definition) is 4. The molecular formula is C20H32O5. The van der Waals surface area contributed by atoms with E-state index in [0.29, 0.717) is 12.8 Å². The van der Waals surface area contributed by atoms with Crippen LogP contribution in [0.1, 0.15) is 59.3 Å². The Balaban J connectivity index is 2.30. The van der Waals surface area contributed by atoms with Gasteiger partial charge in [-0.1, -0.05) is 25.2 Å². The van der Waals surface area contributed by atoms with E-state index in [1.807, 2.05) is 6.92 Å². The topological polar surface area (TPSA) is 87.0 Å². The molecule has 0 aromatic heterocycles. The number of ether oxygens (including phenoxy) is 1. The standard InChI is InChI=1S/C20H32O5/c1-12-7-5-9-13(2)17(21)18-15(14(3)19(22)23)11-16(25-18)20(4,24)10-6-8-12/h8,13,15-18,21,24H,3,5-7,9-11H2,1-2,4H3,(H,22,23)/t13-,15-,16-,17-,18+,20+/m0/s1. The van der Waals surface area contributed by atoms with E-state index >= 15 is 0 Å². The van der Waals surface area contributed by atoms with Crippen molar-refractivity contribution in [2.24, 2.45) is 11.8 Å². The molecule has 2 rings (SSSR count). The third-order valence-corrected chi connectivity index (χ3v) is 5.90. The highest BCUT2D eigenvalue weighted by Gasteiger charge is 2.49. The van der Waals surface area contributed by atoms with Crippen molar-refractivity contribution in [2.45, 2.75) is 83.2 Å². The molecule has 5 heteroatoms. The molecule has 0 amide bonds. The van der Waals surface area contributed by atoms with Crippen LogP contribution in [0.25, 0.3) is 0 Å². The largest absolute Gasteiger partial charge is 0.478 e. The number of hydrogen-bond donors (Lipinski definition) is 3. The van der Waals surface area contributed by atoms with E-state index in [-0.39, 0.29) is 11.5 Å². The van der Waals surface area contributed by atoms with Gasteiger partial charge in [0.05, 0.1) is 23.9 Å². The Hall–Kier alpha value is -1.17. The van der Waals surface area contributed by atoms with Gasteiger partial charge in [-0.05, 0) is 58.3 Å². The Morgan fingerprint density at radius 2 is 2.12 bits per heavy atom. The average molecular weight is 352 g/mol. The summed E-state index contributed by atoms with van der Waals surface area (Å²) in [6, 6.07) is 0. The van der Waals surface area contributed by atoms with Crippen molar-refractivity contribution in [3.63, 3.8) is 0 Å². The Labute approximate surface area is 150 Å². The van der Waals surface area contributed by atoms with Crippen LogP contribution in [0.5, 0.6) is 0 Å². The van der Waals surface area contributed by atoms with Gasteiger partial charge in [-0.3, -0.25) is 0 Å². The monoisotopic (exact) mass is 352 g/mol. The van der Waals surface area contributed by atoms with Crippen molar-refractivity contribution >= 4 is 5.97 Å². The van der Waals surface area contributed by atoms with E-state index in [9.17, 15) is 20.1 Å². The zero-order valence-corrected chi connectivity index (χ0v) is 15.6. The first kappa shape index (κ1) is 20.1. The van der Waals surface area contributed by atoms with Crippen LogP contribution in [0.15, 0.2) is 23.8 Å². The normalized spacial score (nSPS) is 40.4. The smallest absolute Gasteiger partial charge is 0.331 e. The van der Waals surface area contributed by atoms with Crippen molar-refractivity contribution in [3.8, 4) is 0 Å². The van der Waals surface area contributed by atoms with Crippen LogP contribution in [-0.4, -0.2) is 45.2 Å². The number of rotatable bonds is 2. The van der Waals surface area contributed by atoms with Gasteiger partial charge in [0.1, 0.15) is 0 Å². The third kappa shape index (κ3) is 4.72. The molecule has 2 aliphatic rings. The van der Waals surface area contributed by atoms with Gasteiger partial charge in [-0.25, -0.2) is 4.79 Å². The number of aliphatic carboxylic acids is 1. The highest BCUT2D eigenvalue weighted by atomic mass is 16.5. The Morgan fingerprint density at radius 3 is 2.76 bits per heavy atom. The number of carboxylic acid groups (broad SMARTS) is 1. The molecule has 0 spiro atoms. The molecule has 0 unspecified atom stereocenters. The molecule has 0 aromatic carbocycles. The lowest BCUT2D eigenvalue weighted by atomic mass is 9.81. The maximum Gasteiger partial charge on any atom is 0.331 e. The maximum absolute atomic E-state index is 11.4. The first-order chi connectivity index (χ1) is 11.6. The van der Waals surface area contributed by atoms with Gasteiger partial charge in [0.2, 0.25) is 0 Å². The molecule has 2 aliphatic heterocycles. The van der Waals surface area contributed by atoms with Crippen molar-refractivity contribution in [2.75, 3.05) is 0 Å². The predicted octanol–water partition coefficient (Wildman–Crippen LogP) is 3.06. The molecule has 3 N–H and O–H groups in total. The second-order valence-electron chi connectivity index (χ2n) is 8.07. The van der Waals surface area contributed by atoms with Gasteiger partial charge < -0.3 is 20.1 Å². The van der Waals surface area contributed by atoms with E-state index in [2.05, 4.69) is 19.6 Å². The second-order valence-corrected chi connectivity index (χ2v) is 8.07. The summed E-state index contributed by atoms with van der Waals surface area (Å²) in [4.78, 5) is 11.4. The summed E-state index contributed by atoms with van der Waals surface area (Å²) in [7, 11) is 0. The molecule has 1 saturated heterocycles. The number of fused-ring (bicyclic) bond motifs is 2. The van der Waals surface area contributed by atoms with Crippen LogP contribution in [-0.2, 0) is 9.53 Å². The number of carbonyl (C=O) groups is 1. The van der Waals surface area contributed by atoms with Crippen LogP contribution in [0.4, 0.5) is 0 Å². The van der Waals surface area contributed by atoms with Crippen LogP contribution < -0.4 is 0 Å². The molecular weight excluding hydrogens is 320 g/mol. The number of aliphatic hydroxyl groups excluding tert-OH is 1. The molecule has 0 aromatic rings. The van der Waals surface area contributed by atoms with E-state index in [1.54, 1.807) is 6.92 Å². The van der Waals surface area contributed by atoms with Crippen LogP contribution in [0.2, 0.25) is 0 Å². The zero-order chi connectivity index (χ0) is 18.8. The molecule has 25 heavy (non-hydrogen) atoms. The number of aliphatic hydroxyl groups is 2. The third-order valence-electron chi connectivity index (χ3n) is 5.90. The van der Waals surface area contributed by atoms with Crippen LogP contribution in [0, 0.1) is 11.8 Å². The first-order valence-corrected chi connectivity index (χ1v) is 9.27.